The third-order valence-corrected chi connectivity index (χ3v) is 3.11. The Balaban J connectivity index is 2.45. The Morgan fingerprint density at radius 2 is 2.08 bits per heavy atom. The molecule has 1 N–H and O–H groups in total. The number of halogens is 1. The van der Waals surface area contributed by atoms with Crippen molar-refractivity contribution in [3.05, 3.63) is 28.3 Å². The second-order valence-corrected chi connectivity index (χ2v) is 4.38. The Hall–Kier alpha value is -0.690. The van der Waals surface area contributed by atoms with Crippen molar-refractivity contribution in [2.45, 2.75) is 26.2 Å². The SMILES string of the molecule is Cc1cc(O)cc(Cl)c1C1CC1C. The number of rotatable bonds is 1. The van der Waals surface area contributed by atoms with Gasteiger partial charge in [-0.05, 0) is 48.4 Å². The first-order valence-corrected chi connectivity index (χ1v) is 4.96. The van der Waals surface area contributed by atoms with Crippen molar-refractivity contribution in [3.63, 3.8) is 0 Å². The molecule has 2 atom stereocenters. The summed E-state index contributed by atoms with van der Waals surface area (Å²) in [6.45, 7) is 4.24. The Morgan fingerprint density at radius 1 is 1.46 bits per heavy atom. The summed E-state index contributed by atoms with van der Waals surface area (Å²) in [5, 5.41) is 10.0. The standard InChI is InChI=1S/C11H13ClO/c1-6-4-9(6)11-7(2)3-8(13)5-10(11)12/h3,5-6,9,13H,4H2,1-2H3. The highest BCUT2D eigenvalue weighted by molar-refractivity contribution is 6.31. The molecule has 2 heteroatoms. The molecule has 0 bridgehead atoms. The van der Waals surface area contributed by atoms with Crippen LogP contribution >= 0.6 is 11.6 Å². The molecule has 1 fully saturated rings. The van der Waals surface area contributed by atoms with Crippen molar-refractivity contribution in [1.82, 2.24) is 0 Å². The molecule has 0 aliphatic heterocycles. The molecular weight excluding hydrogens is 184 g/mol. The average molecular weight is 197 g/mol. The maximum absolute atomic E-state index is 9.30. The quantitative estimate of drug-likeness (QED) is 0.729. The fourth-order valence-corrected chi connectivity index (χ4v) is 2.33. The van der Waals surface area contributed by atoms with Gasteiger partial charge in [-0.3, -0.25) is 0 Å². The minimum atomic E-state index is 0.263. The van der Waals surface area contributed by atoms with Crippen LogP contribution in [0.1, 0.15) is 30.4 Å². The van der Waals surface area contributed by atoms with Crippen LogP contribution in [-0.2, 0) is 0 Å². The molecule has 1 saturated carbocycles. The minimum Gasteiger partial charge on any atom is -0.508 e. The van der Waals surface area contributed by atoms with Gasteiger partial charge in [-0.2, -0.15) is 0 Å². The molecule has 70 valence electrons. The van der Waals surface area contributed by atoms with Gasteiger partial charge in [-0.25, -0.2) is 0 Å². The first kappa shape index (κ1) is 8.89. The summed E-state index contributed by atoms with van der Waals surface area (Å²) in [5.41, 5.74) is 2.34. The van der Waals surface area contributed by atoms with E-state index in [-0.39, 0.29) is 5.75 Å². The van der Waals surface area contributed by atoms with E-state index in [1.807, 2.05) is 6.92 Å². The summed E-state index contributed by atoms with van der Waals surface area (Å²) in [6, 6.07) is 3.42. The van der Waals surface area contributed by atoms with E-state index in [1.165, 1.54) is 12.0 Å². The van der Waals surface area contributed by atoms with Gasteiger partial charge >= 0.3 is 0 Å². The second-order valence-electron chi connectivity index (χ2n) is 3.98. The van der Waals surface area contributed by atoms with Crippen LogP contribution < -0.4 is 0 Å². The lowest BCUT2D eigenvalue weighted by Gasteiger charge is -2.07. The number of phenols is 1. The van der Waals surface area contributed by atoms with Crippen LogP contribution in [-0.4, -0.2) is 5.11 Å². The summed E-state index contributed by atoms with van der Waals surface area (Å²) in [7, 11) is 0. The molecule has 1 nitrogen and oxygen atoms in total. The molecule has 1 aromatic rings. The van der Waals surface area contributed by atoms with Crippen LogP contribution in [0.5, 0.6) is 5.75 Å². The Morgan fingerprint density at radius 3 is 2.54 bits per heavy atom. The summed E-state index contributed by atoms with van der Waals surface area (Å²) < 4.78 is 0. The Labute approximate surface area is 83.3 Å². The number of benzene rings is 1. The zero-order valence-electron chi connectivity index (χ0n) is 7.84. The van der Waals surface area contributed by atoms with Gasteiger partial charge < -0.3 is 5.11 Å². The molecule has 1 aliphatic rings. The van der Waals surface area contributed by atoms with Crippen molar-refractivity contribution in [2.24, 2.45) is 5.92 Å². The second kappa shape index (κ2) is 2.91. The third-order valence-electron chi connectivity index (χ3n) is 2.80. The molecule has 0 aromatic heterocycles. The Kier molecular flexibility index (Phi) is 1.99. The topological polar surface area (TPSA) is 20.2 Å². The normalized spacial score (nSPS) is 26.1. The van der Waals surface area contributed by atoms with E-state index >= 15 is 0 Å². The lowest BCUT2D eigenvalue weighted by molar-refractivity contribution is 0.474. The van der Waals surface area contributed by atoms with Crippen LogP contribution in [0.4, 0.5) is 0 Å². The van der Waals surface area contributed by atoms with E-state index in [0.29, 0.717) is 10.9 Å². The molecule has 0 spiro atoms. The molecule has 0 saturated heterocycles. The summed E-state index contributed by atoms with van der Waals surface area (Å²) >= 11 is 6.08. The van der Waals surface area contributed by atoms with Crippen molar-refractivity contribution in [3.8, 4) is 5.75 Å². The third kappa shape index (κ3) is 1.53. The van der Waals surface area contributed by atoms with Crippen LogP contribution in [0, 0.1) is 12.8 Å². The van der Waals surface area contributed by atoms with Crippen molar-refractivity contribution in [2.75, 3.05) is 0 Å². The van der Waals surface area contributed by atoms with Gasteiger partial charge in [0.15, 0.2) is 0 Å². The lowest BCUT2D eigenvalue weighted by Crippen LogP contribution is -1.88. The fraction of sp³-hybridized carbons (Fsp3) is 0.455. The zero-order valence-corrected chi connectivity index (χ0v) is 8.60. The van der Waals surface area contributed by atoms with Crippen LogP contribution in [0.3, 0.4) is 0 Å². The molecular formula is C11H13ClO. The molecule has 0 heterocycles. The van der Waals surface area contributed by atoms with Crippen molar-refractivity contribution < 1.29 is 5.11 Å². The van der Waals surface area contributed by atoms with Gasteiger partial charge in [-0.1, -0.05) is 18.5 Å². The molecule has 13 heavy (non-hydrogen) atoms. The maximum Gasteiger partial charge on any atom is 0.117 e. The number of hydrogen-bond donors (Lipinski definition) is 1. The number of aromatic hydroxyl groups is 1. The van der Waals surface area contributed by atoms with E-state index in [4.69, 9.17) is 11.6 Å². The van der Waals surface area contributed by atoms with Gasteiger partial charge in [0.1, 0.15) is 5.75 Å². The number of phenolic OH excluding ortho intramolecular Hbond substituents is 1. The predicted octanol–water partition coefficient (Wildman–Crippen LogP) is 3.48. The largest absolute Gasteiger partial charge is 0.508 e. The summed E-state index contributed by atoms with van der Waals surface area (Å²) in [6.07, 6.45) is 1.23. The number of hydrogen-bond acceptors (Lipinski definition) is 1. The zero-order chi connectivity index (χ0) is 9.59. The van der Waals surface area contributed by atoms with Crippen LogP contribution in [0.15, 0.2) is 12.1 Å². The molecule has 1 aliphatic carbocycles. The van der Waals surface area contributed by atoms with Crippen LogP contribution in [0.2, 0.25) is 5.02 Å². The van der Waals surface area contributed by atoms with Gasteiger partial charge in [0.2, 0.25) is 0 Å². The molecule has 0 radical (unpaired) electrons. The Bertz CT molecular complexity index is 323. The highest BCUT2D eigenvalue weighted by atomic mass is 35.5. The predicted molar refractivity (Wildman–Crippen MR) is 54.4 cm³/mol. The first-order valence-electron chi connectivity index (χ1n) is 4.58. The molecule has 0 amide bonds. The lowest BCUT2D eigenvalue weighted by atomic mass is 10.0. The van der Waals surface area contributed by atoms with Crippen molar-refractivity contribution >= 4 is 11.6 Å². The molecule has 1 aromatic carbocycles. The van der Waals surface area contributed by atoms with Gasteiger partial charge in [0.25, 0.3) is 0 Å². The first-order chi connectivity index (χ1) is 6.09. The van der Waals surface area contributed by atoms with E-state index in [2.05, 4.69) is 6.92 Å². The smallest absolute Gasteiger partial charge is 0.117 e. The number of aryl methyl sites for hydroxylation is 1. The monoisotopic (exact) mass is 196 g/mol. The average Bonchev–Trinajstić information content (AvgIpc) is 2.64. The van der Waals surface area contributed by atoms with Gasteiger partial charge in [-0.15, -0.1) is 0 Å². The highest BCUT2D eigenvalue weighted by Crippen LogP contribution is 2.50. The maximum atomic E-state index is 9.30. The minimum absolute atomic E-state index is 0.263. The van der Waals surface area contributed by atoms with Gasteiger partial charge in [0, 0.05) is 5.02 Å². The van der Waals surface area contributed by atoms with E-state index in [0.717, 1.165) is 11.5 Å². The van der Waals surface area contributed by atoms with Crippen LogP contribution in [0.25, 0.3) is 0 Å². The summed E-state index contributed by atoms with van der Waals surface area (Å²) in [4.78, 5) is 0. The molecule has 2 rings (SSSR count). The highest BCUT2D eigenvalue weighted by Gasteiger charge is 2.36. The fourth-order valence-electron chi connectivity index (χ4n) is 1.93. The van der Waals surface area contributed by atoms with E-state index < -0.39 is 0 Å². The van der Waals surface area contributed by atoms with Crippen molar-refractivity contribution in [1.29, 1.82) is 0 Å². The molecule has 2 unspecified atom stereocenters. The summed E-state index contributed by atoms with van der Waals surface area (Å²) in [5.74, 6) is 1.63. The van der Waals surface area contributed by atoms with E-state index in [1.54, 1.807) is 12.1 Å². The van der Waals surface area contributed by atoms with Gasteiger partial charge in [0.05, 0.1) is 0 Å². The van der Waals surface area contributed by atoms with E-state index in [9.17, 15) is 5.11 Å².